The highest BCUT2D eigenvalue weighted by Crippen LogP contribution is 2.22. The van der Waals surface area contributed by atoms with Crippen molar-refractivity contribution in [1.29, 1.82) is 0 Å². The average molecular weight is 249 g/mol. The Labute approximate surface area is 109 Å². The van der Waals surface area contributed by atoms with E-state index in [2.05, 4.69) is 29.3 Å². The Morgan fingerprint density at radius 3 is 2.72 bits per heavy atom. The van der Waals surface area contributed by atoms with Crippen LogP contribution in [-0.2, 0) is 11.3 Å². The SMILES string of the molecule is CCCN(CC(=O)NC)c1cc(C)ccc1CN. The zero-order valence-corrected chi connectivity index (χ0v) is 11.5. The molecule has 100 valence electrons. The van der Waals surface area contributed by atoms with Crippen molar-refractivity contribution in [3.63, 3.8) is 0 Å². The molecule has 0 fully saturated rings. The molecule has 0 atom stereocenters. The highest BCUT2D eigenvalue weighted by atomic mass is 16.1. The first-order valence-electron chi connectivity index (χ1n) is 6.37. The first-order valence-corrected chi connectivity index (χ1v) is 6.37. The highest BCUT2D eigenvalue weighted by Gasteiger charge is 2.13. The van der Waals surface area contributed by atoms with Gasteiger partial charge in [0.2, 0.25) is 5.91 Å². The summed E-state index contributed by atoms with van der Waals surface area (Å²) < 4.78 is 0. The molecule has 0 heterocycles. The number of nitrogens with one attached hydrogen (secondary N) is 1. The molecule has 0 saturated heterocycles. The van der Waals surface area contributed by atoms with Crippen molar-refractivity contribution in [1.82, 2.24) is 5.32 Å². The fraction of sp³-hybridized carbons (Fsp3) is 0.500. The standard InChI is InChI=1S/C14H23N3O/c1-4-7-17(10-14(18)16-3)13-8-11(2)5-6-12(13)9-15/h5-6,8H,4,7,9-10,15H2,1-3H3,(H,16,18). The van der Waals surface area contributed by atoms with Gasteiger partial charge in [-0.1, -0.05) is 19.1 Å². The average Bonchev–Trinajstić information content (AvgIpc) is 2.38. The van der Waals surface area contributed by atoms with E-state index in [0.29, 0.717) is 13.1 Å². The van der Waals surface area contributed by atoms with Gasteiger partial charge in [0.25, 0.3) is 0 Å². The Bertz CT molecular complexity index is 404. The molecule has 0 aliphatic heterocycles. The van der Waals surface area contributed by atoms with Gasteiger partial charge in [-0.3, -0.25) is 4.79 Å². The van der Waals surface area contributed by atoms with E-state index in [1.807, 2.05) is 13.0 Å². The molecule has 0 saturated carbocycles. The van der Waals surface area contributed by atoms with Gasteiger partial charge in [-0.2, -0.15) is 0 Å². The number of carbonyl (C=O) groups is 1. The summed E-state index contributed by atoms with van der Waals surface area (Å²) in [5.74, 6) is 0.0212. The third kappa shape index (κ3) is 3.74. The Balaban J connectivity index is 3.03. The lowest BCUT2D eigenvalue weighted by atomic mass is 10.1. The van der Waals surface area contributed by atoms with Crippen LogP contribution in [0.2, 0.25) is 0 Å². The van der Waals surface area contributed by atoms with Crippen LogP contribution in [0.4, 0.5) is 5.69 Å². The second kappa shape index (κ2) is 7.01. The molecule has 1 aromatic rings. The zero-order valence-electron chi connectivity index (χ0n) is 11.5. The van der Waals surface area contributed by atoms with Gasteiger partial charge in [-0.05, 0) is 30.5 Å². The van der Waals surface area contributed by atoms with Crippen LogP contribution in [0.1, 0.15) is 24.5 Å². The van der Waals surface area contributed by atoms with Crippen LogP contribution in [0.5, 0.6) is 0 Å². The van der Waals surface area contributed by atoms with Gasteiger partial charge >= 0.3 is 0 Å². The number of aryl methyl sites for hydroxylation is 1. The normalized spacial score (nSPS) is 10.2. The molecule has 0 aliphatic rings. The van der Waals surface area contributed by atoms with Gasteiger partial charge in [0.05, 0.1) is 6.54 Å². The van der Waals surface area contributed by atoms with Crippen molar-refractivity contribution >= 4 is 11.6 Å². The van der Waals surface area contributed by atoms with Crippen LogP contribution in [0.25, 0.3) is 0 Å². The molecule has 3 N–H and O–H groups in total. The lowest BCUT2D eigenvalue weighted by molar-refractivity contribution is -0.119. The van der Waals surface area contributed by atoms with E-state index < -0.39 is 0 Å². The van der Waals surface area contributed by atoms with E-state index in [-0.39, 0.29) is 5.91 Å². The number of rotatable bonds is 6. The molecule has 0 aliphatic carbocycles. The van der Waals surface area contributed by atoms with E-state index in [4.69, 9.17) is 5.73 Å². The van der Waals surface area contributed by atoms with Crippen molar-refractivity contribution in [2.24, 2.45) is 5.73 Å². The summed E-state index contributed by atoms with van der Waals surface area (Å²) in [6.07, 6.45) is 0.995. The Morgan fingerprint density at radius 2 is 2.17 bits per heavy atom. The fourth-order valence-corrected chi connectivity index (χ4v) is 1.95. The first kappa shape index (κ1) is 14.5. The van der Waals surface area contributed by atoms with Crippen LogP contribution < -0.4 is 16.0 Å². The van der Waals surface area contributed by atoms with Gasteiger partial charge in [0, 0.05) is 25.8 Å². The summed E-state index contributed by atoms with van der Waals surface area (Å²) in [5.41, 5.74) is 9.11. The first-order chi connectivity index (χ1) is 8.62. The maximum absolute atomic E-state index is 11.6. The van der Waals surface area contributed by atoms with E-state index >= 15 is 0 Å². The molecular weight excluding hydrogens is 226 g/mol. The van der Waals surface area contributed by atoms with Crippen molar-refractivity contribution in [3.8, 4) is 0 Å². The quantitative estimate of drug-likeness (QED) is 0.801. The minimum atomic E-state index is 0.0212. The molecule has 1 rings (SSSR count). The second-order valence-corrected chi connectivity index (χ2v) is 4.43. The zero-order chi connectivity index (χ0) is 13.5. The van der Waals surface area contributed by atoms with Crippen molar-refractivity contribution in [3.05, 3.63) is 29.3 Å². The number of carbonyl (C=O) groups excluding carboxylic acids is 1. The van der Waals surface area contributed by atoms with Crippen LogP contribution in [0, 0.1) is 6.92 Å². The van der Waals surface area contributed by atoms with Crippen molar-refractivity contribution in [2.75, 3.05) is 25.0 Å². The Morgan fingerprint density at radius 1 is 1.44 bits per heavy atom. The van der Waals surface area contributed by atoms with Gasteiger partial charge in [0.1, 0.15) is 0 Å². The van der Waals surface area contributed by atoms with E-state index in [0.717, 1.165) is 24.2 Å². The molecule has 1 amide bonds. The number of hydrogen-bond acceptors (Lipinski definition) is 3. The number of nitrogens with zero attached hydrogens (tertiary/aromatic N) is 1. The lowest BCUT2D eigenvalue weighted by Gasteiger charge is -2.26. The van der Waals surface area contributed by atoms with Gasteiger partial charge in [-0.25, -0.2) is 0 Å². The third-order valence-corrected chi connectivity index (χ3v) is 2.91. The van der Waals surface area contributed by atoms with Crippen LogP contribution in [-0.4, -0.2) is 26.0 Å². The van der Waals surface area contributed by atoms with Crippen molar-refractivity contribution < 1.29 is 4.79 Å². The topological polar surface area (TPSA) is 58.4 Å². The molecule has 0 unspecified atom stereocenters. The predicted octanol–water partition coefficient (Wildman–Crippen LogP) is 1.42. The summed E-state index contributed by atoms with van der Waals surface area (Å²) >= 11 is 0. The molecule has 4 nitrogen and oxygen atoms in total. The van der Waals surface area contributed by atoms with Crippen LogP contribution in [0.15, 0.2) is 18.2 Å². The summed E-state index contributed by atoms with van der Waals surface area (Å²) in [6, 6.07) is 6.19. The maximum Gasteiger partial charge on any atom is 0.239 e. The fourth-order valence-electron chi connectivity index (χ4n) is 1.95. The summed E-state index contributed by atoms with van der Waals surface area (Å²) in [6.45, 7) is 5.87. The van der Waals surface area contributed by atoms with Gasteiger partial charge < -0.3 is 16.0 Å². The van der Waals surface area contributed by atoms with E-state index in [9.17, 15) is 4.79 Å². The summed E-state index contributed by atoms with van der Waals surface area (Å²) in [4.78, 5) is 13.7. The Kier molecular flexibility index (Phi) is 5.65. The summed E-state index contributed by atoms with van der Waals surface area (Å²) in [7, 11) is 1.66. The van der Waals surface area contributed by atoms with Crippen molar-refractivity contribution in [2.45, 2.75) is 26.8 Å². The number of anilines is 1. The monoisotopic (exact) mass is 249 g/mol. The van der Waals surface area contributed by atoms with E-state index in [1.54, 1.807) is 7.05 Å². The number of nitrogens with two attached hydrogens (primary N) is 1. The number of benzene rings is 1. The maximum atomic E-state index is 11.6. The molecular formula is C14H23N3O. The minimum Gasteiger partial charge on any atom is -0.362 e. The third-order valence-electron chi connectivity index (χ3n) is 2.91. The largest absolute Gasteiger partial charge is 0.362 e. The van der Waals surface area contributed by atoms with E-state index in [1.165, 1.54) is 5.56 Å². The highest BCUT2D eigenvalue weighted by molar-refractivity contribution is 5.81. The Hall–Kier alpha value is -1.55. The molecule has 0 radical (unpaired) electrons. The van der Waals surface area contributed by atoms with Crippen LogP contribution in [0.3, 0.4) is 0 Å². The minimum absolute atomic E-state index is 0.0212. The number of amides is 1. The number of likely N-dealkylation sites (N-methyl/N-ethyl adjacent to an activating group) is 1. The molecule has 1 aromatic carbocycles. The summed E-state index contributed by atoms with van der Waals surface area (Å²) in [5, 5.41) is 2.66. The molecule has 0 aromatic heterocycles. The smallest absolute Gasteiger partial charge is 0.239 e. The molecule has 0 bridgehead atoms. The molecule has 4 heteroatoms. The van der Waals surface area contributed by atoms with Crippen LogP contribution >= 0.6 is 0 Å². The molecule has 18 heavy (non-hydrogen) atoms. The lowest BCUT2D eigenvalue weighted by Crippen LogP contribution is -2.36. The van der Waals surface area contributed by atoms with Gasteiger partial charge in [-0.15, -0.1) is 0 Å². The number of hydrogen-bond donors (Lipinski definition) is 2. The second-order valence-electron chi connectivity index (χ2n) is 4.43. The predicted molar refractivity (Wildman–Crippen MR) is 75.6 cm³/mol. The van der Waals surface area contributed by atoms with Gasteiger partial charge in [0.15, 0.2) is 0 Å². The molecule has 0 spiro atoms.